The Balaban J connectivity index is 2.40. The van der Waals surface area contributed by atoms with E-state index in [2.05, 4.69) is 0 Å². The Morgan fingerprint density at radius 2 is 2.00 bits per heavy atom. The first-order chi connectivity index (χ1) is 8.33. The smallest absolute Gasteiger partial charge is 0.383 e. The fraction of sp³-hybridized carbons (Fsp3) is 0.500. The minimum atomic E-state index is -4.77. The van der Waals surface area contributed by atoms with Crippen molar-refractivity contribution in [2.45, 2.75) is 24.6 Å². The Morgan fingerprint density at radius 1 is 1.28 bits per heavy atom. The molecule has 1 N–H and O–H groups in total. The summed E-state index contributed by atoms with van der Waals surface area (Å²) in [7, 11) is 0. The average molecular weight is 264 g/mol. The van der Waals surface area contributed by atoms with Crippen molar-refractivity contribution in [3.8, 4) is 0 Å². The van der Waals surface area contributed by atoms with Crippen LogP contribution in [0.2, 0.25) is 0 Å². The molecule has 0 bridgehead atoms. The summed E-state index contributed by atoms with van der Waals surface area (Å²) in [6.07, 6.45) is -3.92. The highest BCUT2D eigenvalue weighted by atomic mass is 19.4. The van der Waals surface area contributed by atoms with Crippen molar-refractivity contribution < 1.29 is 27.4 Å². The Hall–Kier alpha value is -1.14. The monoisotopic (exact) mass is 264 g/mol. The minimum Gasteiger partial charge on any atom is -0.383 e. The van der Waals surface area contributed by atoms with Crippen molar-refractivity contribution in [1.29, 1.82) is 0 Å². The molecule has 1 atom stereocenters. The molecule has 1 fully saturated rings. The van der Waals surface area contributed by atoms with E-state index in [0.29, 0.717) is 25.5 Å². The van der Waals surface area contributed by atoms with Gasteiger partial charge >= 0.3 is 6.18 Å². The average Bonchev–Trinajstić information content (AvgIpc) is 2.28. The number of ether oxygens (including phenoxy) is 1. The van der Waals surface area contributed by atoms with Gasteiger partial charge in [-0.3, -0.25) is 0 Å². The van der Waals surface area contributed by atoms with Gasteiger partial charge in [-0.25, -0.2) is 4.39 Å². The summed E-state index contributed by atoms with van der Waals surface area (Å²) in [5, 5.41) is 10.2. The van der Waals surface area contributed by atoms with Crippen LogP contribution in [0.1, 0.15) is 24.0 Å². The van der Waals surface area contributed by atoms with E-state index in [-0.39, 0.29) is 12.2 Å². The van der Waals surface area contributed by atoms with Crippen molar-refractivity contribution >= 4 is 0 Å². The van der Waals surface area contributed by atoms with E-state index >= 15 is 0 Å². The summed E-state index contributed by atoms with van der Waals surface area (Å²) in [6, 6.07) is 2.55. The van der Waals surface area contributed by atoms with Crippen LogP contribution >= 0.6 is 0 Å². The molecule has 1 aromatic rings. The van der Waals surface area contributed by atoms with Gasteiger partial charge in [-0.1, -0.05) is 6.07 Å². The minimum absolute atomic E-state index is 0.0379. The lowest BCUT2D eigenvalue weighted by Gasteiger charge is -2.32. The molecule has 1 aliphatic heterocycles. The predicted molar refractivity (Wildman–Crippen MR) is 55.4 cm³/mol. The third-order valence-corrected chi connectivity index (χ3v) is 3.03. The van der Waals surface area contributed by atoms with Crippen LogP contribution < -0.4 is 0 Å². The molecule has 1 saturated heterocycles. The number of benzene rings is 1. The van der Waals surface area contributed by atoms with Crippen molar-refractivity contribution in [2.75, 3.05) is 13.2 Å². The van der Waals surface area contributed by atoms with Gasteiger partial charge in [0.1, 0.15) is 11.4 Å². The zero-order valence-electron chi connectivity index (χ0n) is 9.43. The van der Waals surface area contributed by atoms with Crippen LogP contribution in [0.4, 0.5) is 17.6 Å². The Bertz CT molecular complexity index is 436. The van der Waals surface area contributed by atoms with Gasteiger partial charge in [0.2, 0.25) is 0 Å². The van der Waals surface area contributed by atoms with Gasteiger partial charge in [-0.2, -0.15) is 13.2 Å². The summed E-state index contributed by atoms with van der Waals surface area (Å²) >= 11 is 0. The van der Waals surface area contributed by atoms with Crippen LogP contribution in [-0.4, -0.2) is 18.3 Å². The lowest BCUT2D eigenvalue weighted by Crippen LogP contribution is -2.36. The highest BCUT2D eigenvalue weighted by molar-refractivity contribution is 5.31. The largest absolute Gasteiger partial charge is 0.419 e. The number of hydrogen-bond acceptors (Lipinski definition) is 2. The molecule has 2 rings (SSSR count). The molecule has 1 aromatic carbocycles. The molecular formula is C12H12F4O2. The number of aliphatic hydroxyl groups is 1. The van der Waals surface area contributed by atoms with E-state index in [1.54, 1.807) is 0 Å². The Kier molecular flexibility index (Phi) is 3.33. The van der Waals surface area contributed by atoms with Crippen LogP contribution in [0.5, 0.6) is 0 Å². The van der Waals surface area contributed by atoms with E-state index < -0.39 is 23.2 Å². The quantitative estimate of drug-likeness (QED) is 0.790. The van der Waals surface area contributed by atoms with Gasteiger partial charge in [-0.05, 0) is 30.5 Å². The van der Waals surface area contributed by atoms with Gasteiger partial charge in [-0.15, -0.1) is 0 Å². The van der Waals surface area contributed by atoms with Crippen molar-refractivity contribution in [2.24, 2.45) is 0 Å². The fourth-order valence-corrected chi connectivity index (χ4v) is 2.04. The van der Waals surface area contributed by atoms with Crippen LogP contribution in [0.25, 0.3) is 0 Å². The van der Waals surface area contributed by atoms with E-state index in [9.17, 15) is 22.7 Å². The molecule has 18 heavy (non-hydrogen) atoms. The van der Waals surface area contributed by atoms with Gasteiger partial charge in [0, 0.05) is 6.61 Å². The third kappa shape index (κ3) is 2.49. The van der Waals surface area contributed by atoms with Gasteiger partial charge in [0.15, 0.2) is 0 Å². The van der Waals surface area contributed by atoms with E-state index in [0.717, 1.165) is 6.07 Å². The lowest BCUT2D eigenvalue weighted by atomic mass is 9.87. The van der Waals surface area contributed by atoms with E-state index in [1.165, 1.54) is 6.07 Å². The molecule has 0 aliphatic carbocycles. The lowest BCUT2D eigenvalue weighted by molar-refractivity contribution is -0.140. The molecule has 0 amide bonds. The first-order valence-electron chi connectivity index (χ1n) is 5.50. The summed E-state index contributed by atoms with van der Waals surface area (Å²) in [4.78, 5) is 0. The molecule has 2 nitrogen and oxygen atoms in total. The van der Waals surface area contributed by atoms with Gasteiger partial charge in [0.25, 0.3) is 0 Å². The third-order valence-electron chi connectivity index (χ3n) is 3.03. The maximum Gasteiger partial charge on any atom is 0.419 e. The first-order valence-corrected chi connectivity index (χ1v) is 5.50. The topological polar surface area (TPSA) is 29.5 Å². The van der Waals surface area contributed by atoms with Crippen molar-refractivity contribution in [3.63, 3.8) is 0 Å². The second kappa shape index (κ2) is 4.51. The van der Waals surface area contributed by atoms with E-state index in [1.807, 2.05) is 0 Å². The summed E-state index contributed by atoms with van der Waals surface area (Å²) in [6.45, 7) is 0.394. The number of halogens is 4. The summed E-state index contributed by atoms with van der Waals surface area (Å²) in [5.41, 5.74) is -2.79. The number of alkyl halides is 3. The van der Waals surface area contributed by atoms with Crippen LogP contribution in [0.15, 0.2) is 18.2 Å². The first kappa shape index (κ1) is 13.3. The number of rotatable bonds is 1. The molecule has 0 aromatic heterocycles. The molecule has 0 saturated carbocycles. The highest BCUT2D eigenvalue weighted by Gasteiger charge is 2.38. The molecule has 1 unspecified atom stereocenters. The zero-order chi connectivity index (χ0) is 13.4. The maximum atomic E-state index is 13.1. The molecule has 0 spiro atoms. The predicted octanol–water partition coefficient (Wildman–Crippen LogP) is 2.84. The second-order valence-electron chi connectivity index (χ2n) is 4.38. The zero-order valence-corrected chi connectivity index (χ0v) is 9.43. The van der Waals surface area contributed by atoms with Crippen molar-refractivity contribution in [3.05, 3.63) is 35.1 Å². The Morgan fingerprint density at radius 3 is 2.56 bits per heavy atom. The molecule has 1 aliphatic rings. The maximum absolute atomic E-state index is 13.1. The molecule has 100 valence electrons. The van der Waals surface area contributed by atoms with E-state index in [4.69, 9.17) is 4.74 Å². The van der Waals surface area contributed by atoms with Crippen LogP contribution in [0.3, 0.4) is 0 Å². The van der Waals surface area contributed by atoms with Crippen molar-refractivity contribution in [1.82, 2.24) is 0 Å². The fourth-order valence-electron chi connectivity index (χ4n) is 2.04. The van der Waals surface area contributed by atoms with Gasteiger partial charge in [0.05, 0.1) is 12.2 Å². The van der Waals surface area contributed by atoms with Crippen LogP contribution in [-0.2, 0) is 16.5 Å². The molecule has 0 radical (unpaired) electrons. The van der Waals surface area contributed by atoms with Crippen LogP contribution in [0, 0.1) is 5.82 Å². The van der Waals surface area contributed by atoms with Gasteiger partial charge < -0.3 is 9.84 Å². The Labute approximate surface area is 101 Å². The summed E-state index contributed by atoms with van der Waals surface area (Å²) < 4.78 is 55.9. The normalized spacial score (nSPS) is 25.2. The molecular weight excluding hydrogens is 252 g/mol. The summed E-state index contributed by atoms with van der Waals surface area (Å²) in [5.74, 6) is -1.34. The molecule has 6 heteroatoms. The SMILES string of the molecule is OC1(c2ccc(F)c(C(F)(F)F)c2)CCCOC1. The molecule has 1 heterocycles. The highest BCUT2D eigenvalue weighted by Crippen LogP contribution is 2.36. The number of hydrogen-bond donors (Lipinski definition) is 1. The standard InChI is InChI=1S/C12H12F4O2/c13-10-3-2-8(6-9(10)12(14,15)16)11(17)4-1-5-18-7-11/h2-3,6,17H,1,4-5,7H2. The second-order valence-corrected chi connectivity index (χ2v) is 4.38.